The van der Waals surface area contributed by atoms with Gasteiger partial charge in [-0.2, -0.15) is 0 Å². The van der Waals surface area contributed by atoms with Crippen molar-refractivity contribution in [1.29, 1.82) is 0 Å². The van der Waals surface area contributed by atoms with Crippen LogP contribution in [0.1, 0.15) is 0 Å². The average Bonchev–Trinajstić information content (AvgIpc) is 2.54. The highest BCUT2D eigenvalue weighted by Gasteiger charge is 2.46. The van der Waals surface area contributed by atoms with E-state index >= 15 is 0 Å². The van der Waals surface area contributed by atoms with E-state index in [2.05, 4.69) is 0 Å². The summed E-state index contributed by atoms with van der Waals surface area (Å²) in [6.07, 6.45) is -15.3. The van der Waals surface area contributed by atoms with Crippen LogP contribution in [-0.2, 0) is 14.2 Å². The van der Waals surface area contributed by atoms with Gasteiger partial charge in [0.15, 0.2) is 12.6 Å². The van der Waals surface area contributed by atoms with E-state index in [4.69, 9.17) is 19.3 Å². The molecule has 136 valence electrons. The van der Waals surface area contributed by atoms with Gasteiger partial charge in [0.2, 0.25) is 0 Å². The summed E-state index contributed by atoms with van der Waals surface area (Å²) in [5.74, 6) is 0. The van der Waals surface area contributed by atoms with Crippen molar-refractivity contribution in [2.45, 2.75) is 61.4 Å². The van der Waals surface area contributed by atoms with Gasteiger partial charge in [-0.3, -0.25) is 0 Å². The lowest BCUT2D eigenvalue weighted by Crippen LogP contribution is -2.61. The van der Waals surface area contributed by atoms with Crippen molar-refractivity contribution >= 4 is 0 Å². The highest BCUT2D eigenvalue weighted by atomic mass is 16.8. The minimum Gasteiger partial charge on any atom is -0.394 e. The first kappa shape index (κ1) is 18.9. The molecule has 2 rings (SSSR count). The Labute approximate surface area is 130 Å². The molecule has 2 heterocycles. The zero-order valence-corrected chi connectivity index (χ0v) is 12.0. The summed E-state index contributed by atoms with van der Waals surface area (Å²) >= 11 is 0. The van der Waals surface area contributed by atoms with Crippen molar-refractivity contribution in [1.82, 2.24) is 0 Å². The molecule has 0 amide bonds. The minimum atomic E-state index is -1.74. The molecule has 2 fully saturated rings. The van der Waals surface area contributed by atoms with Gasteiger partial charge in [-0.05, 0) is 0 Å². The Bertz CT molecular complexity index is 380. The van der Waals surface area contributed by atoms with Crippen molar-refractivity contribution < 1.29 is 55.1 Å². The molecule has 0 spiro atoms. The number of ether oxygens (including phenoxy) is 3. The number of rotatable bonds is 4. The van der Waals surface area contributed by atoms with Gasteiger partial charge in [0.1, 0.15) is 48.8 Å². The predicted octanol–water partition coefficient (Wildman–Crippen LogP) is -5.40. The maximum Gasteiger partial charge on any atom is 0.186 e. The fourth-order valence-corrected chi connectivity index (χ4v) is 2.46. The summed E-state index contributed by atoms with van der Waals surface area (Å²) < 4.78 is 15.1. The molecule has 0 aliphatic carbocycles. The number of hydrogen-bond acceptors (Lipinski definition) is 11. The molecule has 0 saturated carbocycles. The maximum atomic E-state index is 9.78. The van der Waals surface area contributed by atoms with Crippen LogP contribution in [0, 0.1) is 0 Å². The molecule has 0 aromatic heterocycles. The van der Waals surface area contributed by atoms with Crippen molar-refractivity contribution in [3.8, 4) is 0 Å². The zero-order chi connectivity index (χ0) is 17.3. The third-order valence-electron chi connectivity index (χ3n) is 3.96. The molecule has 10 atom stereocenters. The highest BCUT2D eigenvalue weighted by molar-refractivity contribution is 4.91. The van der Waals surface area contributed by atoms with Gasteiger partial charge in [0.05, 0.1) is 13.2 Å². The second-order valence-electron chi connectivity index (χ2n) is 5.57. The first-order chi connectivity index (χ1) is 10.8. The molecule has 2 saturated heterocycles. The molecular weight excluding hydrogens is 321 g/mol. The van der Waals surface area contributed by atoms with Crippen LogP contribution in [0.25, 0.3) is 0 Å². The third-order valence-corrected chi connectivity index (χ3v) is 3.96. The van der Waals surface area contributed by atoms with Crippen LogP contribution >= 0.6 is 0 Å². The maximum absolute atomic E-state index is 9.78. The Morgan fingerprint density at radius 2 is 1.22 bits per heavy atom. The summed E-state index contributed by atoms with van der Waals surface area (Å²) in [5, 5.41) is 76.1. The molecule has 2 aliphatic rings. The Morgan fingerprint density at radius 1 is 0.652 bits per heavy atom. The quantitative estimate of drug-likeness (QED) is 0.227. The summed E-state index contributed by atoms with van der Waals surface area (Å²) in [7, 11) is 0. The van der Waals surface area contributed by atoms with E-state index in [1.165, 1.54) is 0 Å². The molecule has 0 aromatic carbocycles. The fraction of sp³-hybridized carbons (Fsp3) is 1.00. The Kier molecular flexibility index (Phi) is 6.27. The monoisotopic (exact) mass is 343 g/mol. The van der Waals surface area contributed by atoms with Gasteiger partial charge in [-0.25, -0.2) is 0 Å². The summed E-state index contributed by atoms with van der Waals surface area (Å²) in [6.45, 7) is -1.10. The van der Waals surface area contributed by atoms with E-state index in [1.807, 2.05) is 0 Å². The lowest BCUT2D eigenvalue weighted by Gasteiger charge is -2.41. The first-order valence-electron chi connectivity index (χ1n) is 7.07. The molecule has 11 nitrogen and oxygen atoms in total. The lowest BCUT2D eigenvalue weighted by atomic mass is 9.99. The van der Waals surface area contributed by atoms with Crippen LogP contribution in [0.5, 0.6) is 0 Å². The van der Waals surface area contributed by atoms with Gasteiger partial charge >= 0.3 is 0 Å². The minimum absolute atomic E-state index is 0.468. The Hall–Kier alpha value is -0.440. The van der Waals surface area contributed by atoms with Crippen LogP contribution in [0.4, 0.5) is 0 Å². The molecule has 0 radical (unpaired) electrons. The third kappa shape index (κ3) is 3.81. The van der Waals surface area contributed by atoms with Gasteiger partial charge in [-0.1, -0.05) is 0 Å². The van der Waals surface area contributed by atoms with Crippen LogP contribution in [0.2, 0.25) is 0 Å². The van der Waals surface area contributed by atoms with E-state index in [0.717, 1.165) is 0 Å². The number of aliphatic hydroxyl groups excluding tert-OH is 8. The van der Waals surface area contributed by atoms with Gasteiger partial charge in [-0.15, -0.1) is 0 Å². The fourth-order valence-electron chi connectivity index (χ4n) is 2.46. The van der Waals surface area contributed by atoms with Crippen molar-refractivity contribution in [3.05, 3.63) is 0 Å². The summed E-state index contributed by atoms with van der Waals surface area (Å²) in [6, 6.07) is 0. The van der Waals surface area contributed by atoms with Gasteiger partial charge < -0.3 is 55.1 Å². The topological polar surface area (TPSA) is 190 Å². The van der Waals surface area contributed by atoms with Crippen molar-refractivity contribution in [2.24, 2.45) is 0 Å². The molecule has 2 aliphatic heterocycles. The predicted molar refractivity (Wildman–Crippen MR) is 68.6 cm³/mol. The van der Waals surface area contributed by atoms with Crippen molar-refractivity contribution in [2.75, 3.05) is 13.2 Å². The van der Waals surface area contributed by atoms with Gasteiger partial charge in [0.25, 0.3) is 0 Å². The average molecular weight is 343 g/mol. The van der Waals surface area contributed by atoms with Crippen LogP contribution in [0.15, 0.2) is 0 Å². The SMILES string of the molecule is OCC1O[13C@H](OCC2OC(O)C(O)[C@@H](O)[C@@H]2O)C(O)[C@@H](O)[C@@H]1O. The van der Waals surface area contributed by atoms with E-state index < -0.39 is 74.6 Å². The number of aliphatic hydroxyl groups is 8. The van der Waals surface area contributed by atoms with E-state index in [1.54, 1.807) is 0 Å². The van der Waals surface area contributed by atoms with Crippen LogP contribution in [0.3, 0.4) is 0 Å². The molecule has 0 bridgehead atoms. The van der Waals surface area contributed by atoms with Crippen LogP contribution < -0.4 is 0 Å². The van der Waals surface area contributed by atoms with E-state index in [0.29, 0.717) is 0 Å². The molecule has 8 N–H and O–H groups in total. The molecule has 11 heteroatoms. The molecule has 5 unspecified atom stereocenters. The van der Waals surface area contributed by atoms with E-state index in [9.17, 15) is 35.7 Å². The highest BCUT2D eigenvalue weighted by Crippen LogP contribution is 2.24. The second-order valence-corrected chi connectivity index (χ2v) is 5.57. The lowest BCUT2D eigenvalue weighted by molar-refractivity contribution is -0.325. The zero-order valence-electron chi connectivity index (χ0n) is 12.0. The molecule has 0 aromatic rings. The van der Waals surface area contributed by atoms with E-state index in [-0.39, 0.29) is 0 Å². The summed E-state index contributed by atoms with van der Waals surface area (Å²) in [4.78, 5) is 0. The first-order valence-corrected chi connectivity index (χ1v) is 7.07. The Balaban J connectivity index is 1.94. The van der Waals surface area contributed by atoms with Gasteiger partial charge in [0, 0.05) is 0 Å². The van der Waals surface area contributed by atoms with Crippen molar-refractivity contribution in [3.63, 3.8) is 0 Å². The summed E-state index contributed by atoms with van der Waals surface area (Å²) in [5.41, 5.74) is 0. The number of hydrogen-bond donors (Lipinski definition) is 8. The smallest absolute Gasteiger partial charge is 0.186 e. The normalized spacial score (nSPS) is 51.7. The standard InChI is InChI=1S/C12H22O11/c13-1-3-5(14)8(17)10(19)12(23-3)21-2-4-6(15)7(16)9(18)11(20)22-4/h3-20H,1-2H2/t3?,4?,5-,6-,7+,8+,9?,10?,11?,12+/m1/s1/i12+1. The Morgan fingerprint density at radius 3 is 1.83 bits per heavy atom. The second kappa shape index (κ2) is 7.63. The van der Waals surface area contributed by atoms with Crippen LogP contribution in [-0.4, -0.2) is 115 Å². The molecule has 23 heavy (non-hydrogen) atoms. The largest absolute Gasteiger partial charge is 0.394 e. The molecular formula is C12H22O11.